The first-order chi connectivity index (χ1) is 13.1. The monoisotopic (exact) mass is 367 g/mol. The summed E-state index contributed by atoms with van der Waals surface area (Å²) < 4.78 is 6.12. The Morgan fingerprint density at radius 2 is 1.81 bits per heavy atom. The van der Waals surface area contributed by atoms with E-state index in [1.54, 1.807) is 30.6 Å². The van der Waals surface area contributed by atoms with Gasteiger partial charge in [-0.1, -0.05) is 31.2 Å². The number of anilines is 1. The average Bonchev–Trinajstić information content (AvgIpc) is 2.73. The number of para-hydroxylation sites is 1. The molecule has 0 bridgehead atoms. The van der Waals surface area contributed by atoms with Crippen molar-refractivity contribution in [1.29, 1.82) is 0 Å². The van der Waals surface area contributed by atoms with E-state index in [2.05, 4.69) is 16.5 Å². The highest BCUT2D eigenvalue weighted by molar-refractivity contribution is 5.78. The van der Waals surface area contributed by atoms with Gasteiger partial charge in [0.05, 0.1) is 0 Å². The predicted octanol–water partition coefficient (Wildman–Crippen LogP) is 2.89. The molecule has 1 aromatic heterocycles. The van der Waals surface area contributed by atoms with E-state index < -0.39 is 17.6 Å². The Morgan fingerprint density at radius 1 is 1.19 bits per heavy atom. The lowest BCUT2D eigenvalue weighted by atomic mass is 9.94. The van der Waals surface area contributed by atoms with Gasteiger partial charge in [-0.3, -0.25) is 9.88 Å². The molecule has 1 aromatic carbocycles. The van der Waals surface area contributed by atoms with Crippen LogP contribution in [0.3, 0.4) is 0 Å². The van der Waals surface area contributed by atoms with E-state index in [0.29, 0.717) is 31.9 Å². The second-order valence-electron chi connectivity index (χ2n) is 6.62. The lowest BCUT2D eigenvalue weighted by molar-refractivity contribution is -0.184. The molecule has 0 saturated carbocycles. The van der Waals surface area contributed by atoms with Gasteiger partial charge in [0.2, 0.25) is 0 Å². The van der Waals surface area contributed by atoms with Gasteiger partial charge in [-0.05, 0) is 24.3 Å². The van der Waals surface area contributed by atoms with Crippen LogP contribution in [0.25, 0.3) is 0 Å². The summed E-state index contributed by atoms with van der Waals surface area (Å²) in [6.07, 6.45) is 5.18. The number of aliphatic carboxylic acids is 1. The number of hydrogen-bond donors (Lipinski definition) is 1. The average molecular weight is 367 g/mol. The summed E-state index contributed by atoms with van der Waals surface area (Å²) in [5.74, 6) is -0.871. The molecular weight excluding hydrogens is 342 g/mol. The number of carboxylic acid groups (broad SMARTS) is 1. The zero-order chi connectivity index (χ0) is 19.3. The van der Waals surface area contributed by atoms with E-state index >= 15 is 0 Å². The van der Waals surface area contributed by atoms with Crippen LogP contribution in [-0.2, 0) is 4.79 Å². The first-order valence-electron chi connectivity index (χ1n) is 9.08. The summed E-state index contributed by atoms with van der Waals surface area (Å²) in [5.41, 5.74) is -0.403. The third-order valence-electron chi connectivity index (χ3n) is 5.07. The van der Waals surface area contributed by atoms with Crippen molar-refractivity contribution in [1.82, 2.24) is 9.88 Å². The summed E-state index contributed by atoms with van der Waals surface area (Å²) >= 11 is 0. The molecule has 0 amide bonds. The molecule has 2 aromatic rings. The topological polar surface area (TPSA) is 65.9 Å². The van der Waals surface area contributed by atoms with E-state index in [-0.39, 0.29) is 0 Å². The molecule has 27 heavy (non-hydrogen) atoms. The maximum absolute atomic E-state index is 12.4. The lowest BCUT2D eigenvalue weighted by Gasteiger charge is -2.47. The van der Waals surface area contributed by atoms with Crippen molar-refractivity contribution in [2.45, 2.75) is 12.6 Å². The normalized spacial score (nSPS) is 18.3. The van der Waals surface area contributed by atoms with Crippen LogP contribution in [0.5, 0.6) is 5.75 Å². The molecule has 2 unspecified atom stereocenters. The van der Waals surface area contributed by atoms with Crippen molar-refractivity contribution in [2.24, 2.45) is 5.92 Å². The molecule has 1 aliphatic rings. The van der Waals surface area contributed by atoms with Crippen molar-refractivity contribution in [2.75, 3.05) is 31.1 Å². The molecule has 2 heterocycles. The zero-order valence-corrected chi connectivity index (χ0v) is 15.5. The van der Waals surface area contributed by atoms with Crippen molar-refractivity contribution >= 4 is 11.7 Å². The molecule has 142 valence electrons. The van der Waals surface area contributed by atoms with Crippen LogP contribution in [0.4, 0.5) is 5.69 Å². The number of carboxylic acids is 1. The smallest absolute Gasteiger partial charge is 0.364 e. The summed E-state index contributed by atoms with van der Waals surface area (Å²) in [5, 5.41) is 10.2. The van der Waals surface area contributed by atoms with Gasteiger partial charge < -0.3 is 14.7 Å². The fourth-order valence-electron chi connectivity index (χ4n) is 3.50. The molecule has 3 rings (SSSR count). The molecule has 2 atom stereocenters. The number of carbonyl (C=O) groups is 1. The second-order valence-corrected chi connectivity index (χ2v) is 6.62. The molecule has 1 aliphatic heterocycles. The number of nitrogens with zero attached hydrogens (tertiary/aromatic N) is 3. The fraction of sp³-hybridized carbons (Fsp3) is 0.333. The molecule has 1 fully saturated rings. The van der Waals surface area contributed by atoms with Gasteiger partial charge in [-0.2, -0.15) is 0 Å². The highest BCUT2D eigenvalue weighted by Gasteiger charge is 2.51. The van der Waals surface area contributed by atoms with Gasteiger partial charge in [-0.25, -0.2) is 4.79 Å². The maximum atomic E-state index is 12.4. The van der Waals surface area contributed by atoms with Gasteiger partial charge >= 0.3 is 5.97 Å². The van der Waals surface area contributed by atoms with Crippen molar-refractivity contribution in [3.8, 4) is 5.75 Å². The minimum absolute atomic E-state index is 0.400. The van der Waals surface area contributed by atoms with Crippen LogP contribution in [0.2, 0.25) is 0 Å². The molecule has 6 heteroatoms. The number of hydrogen-bond acceptors (Lipinski definition) is 5. The summed E-state index contributed by atoms with van der Waals surface area (Å²) in [6.45, 7) is 8.21. The Hall–Kier alpha value is -2.86. The van der Waals surface area contributed by atoms with Gasteiger partial charge in [0, 0.05) is 50.2 Å². The molecule has 0 spiro atoms. The number of benzene rings is 1. The predicted molar refractivity (Wildman–Crippen MR) is 105 cm³/mol. The standard InChI is InChI=1S/C21H25N3O3/c1-3-17(2)21(20(25)26,27-19-7-5-4-6-8-19)24-15-13-23(14-16-24)18-9-11-22-12-10-18/h3-12,17H,1,13-16H2,2H3,(H,25,26). The molecule has 0 radical (unpaired) electrons. The minimum Gasteiger partial charge on any atom is -0.477 e. The third kappa shape index (κ3) is 3.80. The third-order valence-corrected chi connectivity index (χ3v) is 5.07. The highest BCUT2D eigenvalue weighted by Crippen LogP contribution is 2.32. The number of ether oxygens (including phenoxy) is 1. The van der Waals surface area contributed by atoms with E-state index in [1.165, 1.54) is 0 Å². The number of rotatable bonds is 7. The Morgan fingerprint density at radius 3 is 2.37 bits per heavy atom. The lowest BCUT2D eigenvalue weighted by Crippen LogP contribution is -2.66. The van der Waals surface area contributed by atoms with Crippen LogP contribution in [0, 0.1) is 5.92 Å². The summed E-state index contributed by atoms with van der Waals surface area (Å²) in [7, 11) is 0. The first kappa shape index (κ1) is 18.9. The summed E-state index contributed by atoms with van der Waals surface area (Å²) in [4.78, 5) is 20.6. The van der Waals surface area contributed by atoms with Crippen molar-refractivity contribution in [3.63, 3.8) is 0 Å². The maximum Gasteiger partial charge on any atom is 0.364 e. The van der Waals surface area contributed by atoms with Crippen molar-refractivity contribution in [3.05, 3.63) is 67.5 Å². The quantitative estimate of drug-likeness (QED) is 0.759. The zero-order valence-electron chi connectivity index (χ0n) is 15.5. The summed E-state index contributed by atoms with van der Waals surface area (Å²) in [6, 6.07) is 13.0. The van der Waals surface area contributed by atoms with Crippen LogP contribution in [-0.4, -0.2) is 52.9 Å². The Bertz CT molecular complexity index is 761. The minimum atomic E-state index is -1.49. The second kappa shape index (κ2) is 8.22. The van der Waals surface area contributed by atoms with Crippen LogP contribution in [0.1, 0.15) is 6.92 Å². The number of piperazine rings is 1. The highest BCUT2D eigenvalue weighted by atomic mass is 16.5. The Balaban J connectivity index is 1.85. The van der Waals surface area contributed by atoms with Crippen molar-refractivity contribution < 1.29 is 14.6 Å². The Labute approximate surface area is 159 Å². The van der Waals surface area contributed by atoms with Gasteiger partial charge in [0.25, 0.3) is 5.72 Å². The number of pyridine rings is 1. The molecule has 1 saturated heterocycles. The largest absolute Gasteiger partial charge is 0.477 e. The Kier molecular flexibility index (Phi) is 5.76. The van der Waals surface area contributed by atoms with E-state index in [4.69, 9.17) is 4.74 Å². The molecule has 1 N–H and O–H groups in total. The molecular formula is C21H25N3O3. The van der Waals surface area contributed by atoms with Gasteiger partial charge in [0.15, 0.2) is 0 Å². The van der Waals surface area contributed by atoms with Crippen LogP contribution < -0.4 is 9.64 Å². The SMILES string of the molecule is C=CC(C)C(Oc1ccccc1)(C(=O)O)N1CCN(c2ccncc2)CC1. The molecule has 0 aliphatic carbocycles. The van der Waals surface area contributed by atoms with Gasteiger partial charge in [-0.15, -0.1) is 6.58 Å². The van der Waals surface area contributed by atoms with E-state index in [9.17, 15) is 9.90 Å². The molecule has 6 nitrogen and oxygen atoms in total. The van der Waals surface area contributed by atoms with Crippen LogP contribution >= 0.6 is 0 Å². The number of aromatic nitrogens is 1. The van der Waals surface area contributed by atoms with Gasteiger partial charge in [0.1, 0.15) is 5.75 Å². The van der Waals surface area contributed by atoms with Crippen LogP contribution in [0.15, 0.2) is 67.5 Å². The fourth-order valence-corrected chi connectivity index (χ4v) is 3.50. The van der Waals surface area contributed by atoms with E-state index in [0.717, 1.165) is 5.69 Å². The van der Waals surface area contributed by atoms with E-state index in [1.807, 2.05) is 42.2 Å². The first-order valence-corrected chi connectivity index (χ1v) is 9.08.